The van der Waals surface area contributed by atoms with E-state index in [1.165, 1.54) is 19.3 Å². The summed E-state index contributed by atoms with van der Waals surface area (Å²) in [6.45, 7) is 2.47. The van der Waals surface area contributed by atoms with Gasteiger partial charge in [-0.2, -0.15) is 0 Å². The number of carbonyl (C=O) groups excluding carboxylic acids is 1. The summed E-state index contributed by atoms with van der Waals surface area (Å²) < 4.78 is 1.06. The van der Waals surface area contributed by atoms with Crippen LogP contribution < -0.4 is 15.1 Å². The topological polar surface area (TPSA) is 35.6 Å². The van der Waals surface area contributed by atoms with Gasteiger partial charge in [-0.05, 0) is 37.6 Å². The summed E-state index contributed by atoms with van der Waals surface area (Å²) >= 11 is 3.53. The van der Waals surface area contributed by atoms with Gasteiger partial charge in [0.15, 0.2) is 0 Å². The first-order valence-electron chi connectivity index (χ1n) is 7.19. The van der Waals surface area contributed by atoms with Gasteiger partial charge in [0.05, 0.1) is 17.9 Å². The Kier molecular flexibility index (Phi) is 3.98. The molecule has 2 heterocycles. The molecule has 20 heavy (non-hydrogen) atoms. The molecule has 5 heteroatoms. The van der Waals surface area contributed by atoms with E-state index >= 15 is 0 Å². The number of likely N-dealkylation sites (N-methyl/N-ethyl adjacent to an activating group) is 1. The molecule has 1 N–H and O–H groups in total. The standard InChI is InChI=1S/C15H20BrN3O/c1-18-13-6-5-11(16)8-14(13)19(10-15(18)20)9-12-4-2-3-7-17-12/h5-6,8,12,17H,2-4,7,9-10H2,1H3. The molecule has 2 aliphatic rings. The van der Waals surface area contributed by atoms with Gasteiger partial charge in [0, 0.05) is 24.1 Å². The van der Waals surface area contributed by atoms with E-state index in [9.17, 15) is 4.79 Å². The third-order valence-corrected chi connectivity index (χ3v) is 4.69. The molecule has 0 aliphatic carbocycles. The van der Waals surface area contributed by atoms with Crippen LogP contribution in [0.15, 0.2) is 22.7 Å². The summed E-state index contributed by atoms with van der Waals surface area (Å²) in [6.07, 6.45) is 3.74. The first kappa shape index (κ1) is 13.9. The van der Waals surface area contributed by atoms with Gasteiger partial charge in [-0.25, -0.2) is 0 Å². The zero-order chi connectivity index (χ0) is 14.1. The Morgan fingerprint density at radius 1 is 1.35 bits per heavy atom. The summed E-state index contributed by atoms with van der Waals surface area (Å²) in [5.41, 5.74) is 2.15. The molecule has 1 unspecified atom stereocenters. The van der Waals surface area contributed by atoms with E-state index in [0.29, 0.717) is 12.6 Å². The molecule has 0 bridgehead atoms. The molecule has 0 saturated carbocycles. The van der Waals surface area contributed by atoms with Crippen molar-refractivity contribution in [2.24, 2.45) is 0 Å². The van der Waals surface area contributed by atoms with E-state index < -0.39 is 0 Å². The van der Waals surface area contributed by atoms with Crippen molar-refractivity contribution in [1.29, 1.82) is 0 Å². The molecule has 0 spiro atoms. The van der Waals surface area contributed by atoms with Crippen molar-refractivity contribution in [3.63, 3.8) is 0 Å². The highest BCUT2D eigenvalue weighted by molar-refractivity contribution is 9.10. The average molecular weight is 338 g/mol. The summed E-state index contributed by atoms with van der Waals surface area (Å²) in [6, 6.07) is 6.61. The van der Waals surface area contributed by atoms with Gasteiger partial charge in [0.25, 0.3) is 0 Å². The molecule has 1 amide bonds. The fourth-order valence-electron chi connectivity index (χ4n) is 3.03. The summed E-state index contributed by atoms with van der Waals surface area (Å²) in [5, 5.41) is 3.56. The SMILES string of the molecule is CN1C(=O)CN(CC2CCCCN2)c2cc(Br)ccc21. The minimum absolute atomic E-state index is 0.163. The van der Waals surface area contributed by atoms with Gasteiger partial charge in [0.1, 0.15) is 0 Å². The molecule has 108 valence electrons. The van der Waals surface area contributed by atoms with Crippen molar-refractivity contribution in [2.75, 3.05) is 36.5 Å². The van der Waals surface area contributed by atoms with E-state index in [1.54, 1.807) is 4.90 Å². The lowest BCUT2D eigenvalue weighted by molar-refractivity contribution is -0.117. The second-order valence-electron chi connectivity index (χ2n) is 5.61. The fourth-order valence-corrected chi connectivity index (χ4v) is 3.38. The summed E-state index contributed by atoms with van der Waals surface area (Å²) in [4.78, 5) is 16.1. The number of nitrogens with one attached hydrogen (secondary N) is 1. The maximum absolute atomic E-state index is 12.1. The highest BCUT2D eigenvalue weighted by Crippen LogP contribution is 2.35. The monoisotopic (exact) mass is 337 g/mol. The number of anilines is 2. The molecule has 0 aromatic heterocycles. The third kappa shape index (κ3) is 2.69. The smallest absolute Gasteiger partial charge is 0.246 e. The Morgan fingerprint density at radius 2 is 2.20 bits per heavy atom. The van der Waals surface area contributed by atoms with Crippen molar-refractivity contribution in [2.45, 2.75) is 25.3 Å². The van der Waals surface area contributed by atoms with Crippen molar-refractivity contribution >= 4 is 33.2 Å². The van der Waals surface area contributed by atoms with Crippen molar-refractivity contribution < 1.29 is 4.79 Å². The van der Waals surface area contributed by atoms with Gasteiger partial charge < -0.3 is 15.1 Å². The number of amides is 1. The van der Waals surface area contributed by atoms with Crippen LogP contribution in [0.2, 0.25) is 0 Å². The Hall–Kier alpha value is -1.07. The van der Waals surface area contributed by atoms with Crippen LogP contribution in [0, 0.1) is 0 Å². The maximum Gasteiger partial charge on any atom is 0.246 e. The average Bonchev–Trinajstić information content (AvgIpc) is 2.45. The Labute approximate surface area is 128 Å². The molecule has 1 saturated heterocycles. The highest BCUT2D eigenvalue weighted by Gasteiger charge is 2.28. The van der Waals surface area contributed by atoms with Gasteiger partial charge in [-0.1, -0.05) is 22.4 Å². The predicted molar refractivity (Wildman–Crippen MR) is 85.4 cm³/mol. The highest BCUT2D eigenvalue weighted by atomic mass is 79.9. The number of hydrogen-bond donors (Lipinski definition) is 1. The second kappa shape index (κ2) is 5.74. The first-order chi connectivity index (χ1) is 9.65. The number of halogens is 1. The summed E-state index contributed by atoms with van der Waals surface area (Å²) in [7, 11) is 1.85. The molecule has 1 aromatic carbocycles. The second-order valence-corrected chi connectivity index (χ2v) is 6.53. The zero-order valence-corrected chi connectivity index (χ0v) is 13.3. The largest absolute Gasteiger partial charge is 0.359 e. The van der Waals surface area contributed by atoms with Crippen LogP contribution in [0.4, 0.5) is 11.4 Å². The van der Waals surface area contributed by atoms with Crippen LogP contribution in [0.3, 0.4) is 0 Å². The van der Waals surface area contributed by atoms with Gasteiger partial charge in [-0.15, -0.1) is 0 Å². The number of nitrogens with zero attached hydrogens (tertiary/aromatic N) is 2. The Balaban J connectivity index is 1.86. The zero-order valence-electron chi connectivity index (χ0n) is 11.7. The fraction of sp³-hybridized carbons (Fsp3) is 0.533. The van der Waals surface area contributed by atoms with E-state index in [4.69, 9.17) is 0 Å². The van der Waals surface area contributed by atoms with Crippen LogP contribution in [0.5, 0.6) is 0 Å². The lowest BCUT2D eigenvalue weighted by Crippen LogP contribution is -2.50. The third-order valence-electron chi connectivity index (χ3n) is 4.19. The van der Waals surface area contributed by atoms with Gasteiger partial charge in [-0.3, -0.25) is 4.79 Å². The van der Waals surface area contributed by atoms with Crippen LogP contribution >= 0.6 is 15.9 Å². The lowest BCUT2D eigenvalue weighted by Gasteiger charge is -2.38. The number of benzene rings is 1. The molecular formula is C15H20BrN3O. The number of rotatable bonds is 2. The van der Waals surface area contributed by atoms with E-state index in [2.05, 4.69) is 32.2 Å². The number of hydrogen-bond acceptors (Lipinski definition) is 3. The Morgan fingerprint density at radius 3 is 2.95 bits per heavy atom. The molecule has 2 aliphatic heterocycles. The maximum atomic E-state index is 12.1. The molecule has 4 nitrogen and oxygen atoms in total. The number of carbonyl (C=O) groups is 1. The van der Waals surface area contributed by atoms with E-state index in [1.807, 2.05) is 19.2 Å². The van der Waals surface area contributed by atoms with Crippen LogP contribution in [-0.4, -0.2) is 38.6 Å². The minimum atomic E-state index is 0.163. The van der Waals surface area contributed by atoms with Crippen molar-refractivity contribution in [1.82, 2.24) is 5.32 Å². The molecule has 1 atom stereocenters. The predicted octanol–water partition coefficient (Wildman–Crippen LogP) is 2.37. The molecule has 0 radical (unpaired) electrons. The van der Waals surface area contributed by atoms with E-state index in [0.717, 1.165) is 28.9 Å². The van der Waals surface area contributed by atoms with Gasteiger partial charge in [0.2, 0.25) is 5.91 Å². The molecule has 3 rings (SSSR count). The summed E-state index contributed by atoms with van der Waals surface area (Å²) in [5.74, 6) is 0.163. The normalized spacial score (nSPS) is 22.9. The minimum Gasteiger partial charge on any atom is -0.359 e. The Bertz CT molecular complexity index is 514. The van der Waals surface area contributed by atoms with Crippen molar-refractivity contribution in [3.8, 4) is 0 Å². The molecule has 1 aromatic rings. The van der Waals surface area contributed by atoms with Crippen LogP contribution in [0.25, 0.3) is 0 Å². The van der Waals surface area contributed by atoms with Gasteiger partial charge >= 0.3 is 0 Å². The lowest BCUT2D eigenvalue weighted by atomic mass is 10.0. The van der Waals surface area contributed by atoms with Crippen LogP contribution in [0.1, 0.15) is 19.3 Å². The molecule has 1 fully saturated rings. The van der Waals surface area contributed by atoms with Crippen molar-refractivity contribution in [3.05, 3.63) is 22.7 Å². The number of piperidine rings is 1. The first-order valence-corrected chi connectivity index (χ1v) is 7.99. The van der Waals surface area contributed by atoms with Crippen LogP contribution in [-0.2, 0) is 4.79 Å². The van der Waals surface area contributed by atoms with E-state index in [-0.39, 0.29) is 5.91 Å². The number of fused-ring (bicyclic) bond motifs is 1. The quantitative estimate of drug-likeness (QED) is 0.899. The molecular weight excluding hydrogens is 318 g/mol.